The third kappa shape index (κ3) is 5.87. The number of nitrogens with zero attached hydrogens (tertiary/aromatic N) is 3. The Balaban J connectivity index is 1.98. The third-order valence-electron chi connectivity index (χ3n) is 4.29. The van der Waals surface area contributed by atoms with Gasteiger partial charge in [-0.3, -0.25) is 14.9 Å². The van der Waals surface area contributed by atoms with Crippen LogP contribution in [0.15, 0.2) is 59.7 Å². The molecule has 0 amide bonds. The second kappa shape index (κ2) is 10.5. The number of pyridine rings is 1. The van der Waals surface area contributed by atoms with Gasteiger partial charge in [-0.1, -0.05) is 50.2 Å². The van der Waals surface area contributed by atoms with Gasteiger partial charge in [0.05, 0.1) is 18.3 Å². The molecule has 2 rings (SSSR count). The Labute approximate surface area is 151 Å². The van der Waals surface area contributed by atoms with Crippen molar-refractivity contribution in [3.05, 3.63) is 66.0 Å². The molecule has 5 heteroatoms. The van der Waals surface area contributed by atoms with Crippen LogP contribution in [0.2, 0.25) is 0 Å². The molecule has 25 heavy (non-hydrogen) atoms. The maximum Gasteiger partial charge on any atom is 0.191 e. The molecular formula is C20H29N5. The van der Waals surface area contributed by atoms with E-state index in [-0.39, 0.29) is 0 Å². The maximum absolute atomic E-state index is 4.33. The van der Waals surface area contributed by atoms with Gasteiger partial charge in [-0.25, -0.2) is 0 Å². The molecule has 2 N–H and O–H groups in total. The molecule has 1 aromatic heterocycles. The van der Waals surface area contributed by atoms with Crippen LogP contribution in [0, 0.1) is 0 Å². The summed E-state index contributed by atoms with van der Waals surface area (Å²) in [7, 11) is 1.79. The number of aliphatic imine (C=N–C) groups is 1. The number of likely N-dealkylation sites (N-methyl/N-ethyl adjacent to an activating group) is 1. The minimum atomic E-state index is 0.310. The van der Waals surface area contributed by atoms with Gasteiger partial charge in [0.1, 0.15) is 0 Å². The van der Waals surface area contributed by atoms with Crippen LogP contribution in [0.4, 0.5) is 0 Å². The number of hydrogen-bond donors (Lipinski definition) is 2. The van der Waals surface area contributed by atoms with Crippen LogP contribution in [0.25, 0.3) is 0 Å². The quantitative estimate of drug-likeness (QED) is 0.574. The molecule has 0 saturated heterocycles. The average molecular weight is 339 g/mol. The molecule has 0 saturated carbocycles. The highest BCUT2D eigenvalue weighted by Gasteiger charge is 2.18. The van der Waals surface area contributed by atoms with Crippen molar-refractivity contribution in [2.75, 3.05) is 26.7 Å². The highest BCUT2D eigenvalue weighted by molar-refractivity contribution is 5.79. The lowest BCUT2D eigenvalue weighted by atomic mass is 10.1. The van der Waals surface area contributed by atoms with E-state index in [2.05, 4.69) is 69.7 Å². The molecule has 134 valence electrons. The van der Waals surface area contributed by atoms with Crippen LogP contribution in [-0.4, -0.2) is 42.5 Å². The highest BCUT2D eigenvalue weighted by Crippen LogP contribution is 2.19. The van der Waals surface area contributed by atoms with Crippen molar-refractivity contribution in [3.8, 4) is 0 Å². The van der Waals surface area contributed by atoms with Gasteiger partial charge in [-0.05, 0) is 30.8 Å². The molecule has 2 aromatic rings. The predicted octanol–water partition coefficient (Wildman–Crippen LogP) is 2.83. The van der Waals surface area contributed by atoms with Crippen molar-refractivity contribution >= 4 is 5.96 Å². The molecule has 0 radical (unpaired) electrons. The van der Waals surface area contributed by atoms with Gasteiger partial charge >= 0.3 is 0 Å². The summed E-state index contributed by atoms with van der Waals surface area (Å²) in [6.07, 6.45) is 1.80. The van der Waals surface area contributed by atoms with Crippen molar-refractivity contribution in [1.29, 1.82) is 0 Å². The summed E-state index contributed by atoms with van der Waals surface area (Å²) in [5.41, 5.74) is 2.31. The average Bonchev–Trinajstić information content (AvgIpc) is 2.68. The number of rotatable bonds is 8. The number of hydrogen-bond acceptors (Lipinski definition) is 3. The number of aromatic nitrogens is 1. The lowest BCUT2D eigenvalue weighted by Crippen LogP contribution is -2.43. The molecule has 1 atom stereocenters. The number of guanidine groups is 1. The Bertz CT molecular complexity index is 623. The zero-order chi connectivity index (χ0) is 17.9. The molecule has 1 heterocycles. The minimum absolute atomic E-state index is 0.310. The van der Waals surface area contributed by atoms with E-state index in [4.69, 9.17) is 0 Å². The van der Waals surface area contributed by atoms with E-state index in [1.54, 1.807) is 13.2 Å². The largest absolute Gasteiger partial charge is 0.354 e. The van der Waals surface area contributed by atoms with Crippen LogP contribution in [0.1, 0.15) is 31.1 Å². The van der Waals surface area contributed by atoms with E-state index in [1.165, 1.54) is 5.56 Å². The van der Waals surface area contributed by atoms with Crippen LogP contribution < -0.4 is 10.6 Å². The fraction of sp³-hybridized carbons (Fsp3) is 0.400. The molecule has 0 spiro atoms. The van der Waals surface area contributed by atoms with E-state index >= 15 is 0 Å². The van der Waals surface area contributed by atoms with Gasteiger partial charge in [0.15, 0.2) is 5.96 Å². The van der Waals surface area contributed by atoms with Gasteiger partial charge in [0.2, 0.25) is 0 Å². The zero-order valence-electron chi connectivity index (χ0n) is 15.4. The predicted molar refractivity (Wildman–Crippen MR) is 105 cm³/mol. The minimum Gasteiger partial charge on any atom is -0.354 e. The smallest absolute Gasteiger partial charge is 0.191 e. The van der Waals surface area contributed by atoms with Gasteiger partial charge in [0.25, 0.3) is 0 Å². The van der Waals surface area contributed by atoms with Gasteiger partial charge in [0, 0.05) is 19.8 Å². The Morgan fingerprint density at radius 3 is 2.36 bits per heavy atom. The van der Waals surface area contributed by atoms with E-state index in [0.29, 0.717) is 12.6 Å². The highest BCUT2D eigenvalue weighted by atomic mass is 15.2. The second-order valence-electron chi connectivity index (χ2n) is 5.78. The first-order valence-electron chi connectivity index (χ1n) is 8.91. The first kappa shape index (κ1) is 18.9. The number of benzene rings is 1. The third-order valence-corrected chi connectivity index (χ3v) is 4.29. The summed E-state index contributed by atoms with van der Waals surface area (Å²) in [6, 6.07) is 16.9. The Hall–Kier alpha value is -2.40. The monoisotopic (exact) mass is 339 g/mol. The lowest BCUT2D eigenvalue weighted by molar-refractivity contribution is 0.219. The van der Waals surface area contributed by atoms with E-state index in [9.17, 15) is 0 Å². The van der Waals surface area contributed by atoms with Crippen molar-refractivity contribution in [2.24, 2.45) is 4.99 Å². The molecule has 1 unspecified atom stereocenters. The zero-order valence-corrected chi connectivity index (χ0v) is 15.4. The molecule has 0 bridgehead atoms. The standard InChI is InChI=1S/C20H29N5/c1-4-25(5-2)19(17-11-7-6-8-12-17)16-24-20(21-3)23-15-18-13-9-10-14-22-18/h6-14,19H,4-5,15-16H2,1-3H3,(H2,21,23,24). The molecule has 0 fully saturated rings. The molecule has 0 aliphatic carbocycles. The van der Waals surface area contributed by atoms with Gasteiger partial charge in [-0.15, -0.1) is 0 Å². The van der Waals surface area contributed by atoms with Crippen molar-refractivity contribution in [1.82, 2.24) is 20.5 Å². The first-order valence-corrected chi connectivity index (χ1v) is 8.91. The Morgan fingerprint density at radius 2 is 1.76 bits per heavy atom. The van der Waals surface area contributed by atoms with Crippen LogP contribution in [-0.2, 0) is 6.54 Å². The Morgan fingerprint density at radius 1 is 1.04 bits per heavy atom. The summed E-state index contributed by atoms with van der Waals surface area (Å²) in [4.78, 5) is 11.1. The fourth-order valence-electron chi connectivity index (χ4n) is 2.89. The SMILES string of the molecule is CCN(CC)C(CNC(=NC)NCc1ccccn1)c1ccccc1. The van der Waals surface area contributed by atoms with Gasteiger partial charge < -0.3 is 10.6 Å². The molecule has 5 nitrogen and oxygen atoms in total. The number of nitrogens with one attached hydrogen (secondary N) is 2. The summed E-state index contributed by atoms with van der Waals surface area (Å²) in [5, 5.41) is 6.78. The summed E-state index contributed by atoms with van der Waals surface area (Å²) >= 11 is 0. The van der Waals surface area contributed by atoms with Crippen molar-refractivity contribution in [3.63, 3.8) is 0 Å². The summed E-state index contributed by atoms with van der Waals surface area (Å²) in [5.74, 6) is 0.791. The van der Waals surface area contributed by atoms with Crippen molar-refractivity contribution < 1.29 is 0 Å². The lowest BCUT2D eigenvalue weighted by Gasteiger charge is -2.30. The molecule has 0 aliphatic heterocycles. The van der Waals surface area contributed by atoms with Crippen molar-refractivity contribution in [2.45, 2.75) is 26.4 Å². The topological polar surface area (TPSA) is 52.5 Å². The fourth-order valence-corrected chi connectivity index (χ4v) is 2.89. The van der Waals surface area contributed by atoms with Crippen LogP contribution >= 0.6 is 0 Å². The van der Waals surface area contributed by atoms with E-state index < -0.39 is 0 Å². The summed E-state index contributed by atoms with van der Waals surface area (Å²) in [6.45, 7) is 7.88. The maximum atomic E-state index is 4.33. The molecule has 0 aliphatic rings. The molecule has 1 aromatic carbocycles. The second-order valence-corrected chi connectivity index (χ2v) is 5.78. The van der Waals surface area contributed by atoms with E-state index in [0.717, 1.165) is 31.3 Å². The molecular weight excluding hydrogens is 310 g/mol. The first-order chi connectivity index (χ1) is 12.3. The Kier molecular flexibility index (Phi) is 7.92. The summed E-state index contributed by atoms with van der Waals surface area (Å²) < 4.78 is 0. The van der Waals surface area contributed by atoms with E-state index in [1.807, 2.05) is 18.2 Å². The van der Waals surface area contributed by atoms with Crippen LogP contribution in [0.3, 0.4) is 0 Å². The van der Waals surface area contributed by atoms with Crippen LogP contribution in [0.5, 0.6) is 0 Å². The van der Waals surface area contributed by atoms with Gasteiger partial charge in [-0.2, -0.15) is 0 Å². The normalized spacial score (nSPS) is 12.9.